The Morgan fingerprint density at radius 2 is 1.24 bits per heavy atom. The second kappa shape index (κ2) is 18.0. The van der Waals surface area contributed by atoms with E-state index in [-0.39, 0.29) is 25.0 Å². The highest BCUT2D eigenvalue weighted by Gasteiger charge is 2.29. The normalized spacial score (nSPS) is 14.4. The molecule has 0 saturated carbocycles. The first-order chi connectivity index (χ1) is 16.1. The Morgan fingerprint density at radius 1 is 0.735 bits per heavy atom. The van der Waals surface area contributed by atoms with Gasteiger partial charge in [0, 0.05) is 12.2 Å². The van der Waals surface area contributed by atoms with Crippen LogP contribution >= 0.6 is 12.6 Å². The summed E-state index contributed by atoms with van der Waals surface area (Å²) in [6, 6.07) is -4.34. The molecular weight excluding hydrogens is 466 g/mol. The molecule has 0 aliphatic heterocycles. The number of carbonyl (C=O) groups is 5. The minimum absolute atomic E-state index is 0.137. The number of nitrogens with two attached hydrogens (primary N) is 4. The molecule has 4 unspecified atom stereocenters. The lowest BCUT2D eigenvalue weighted by molar-refractivity contribution is -0.142. The van der Waals surface area contributed by atoms with Crippen molar-refractivity contribution in [3.05, 3.63) is 0 Å². The third-order valence-corrected chi connectivity index (χ3v) is 5.36. The Morgan fingerprint density at radius 3 is 1.74 bits per heavy atom. The quantitative estimate of drug-likeness (QED) is 0.0653. The van der Waals surface area contributed by atoms with Gasteiger partial charge >= 0.3 is 5.97 Å². The fraction of sp³-hybridized carbons (Fsp3) is 0.750. The SMILES string of the molecule is NCCCCC(N)C(=O)NC(CCCCN)C(=O)NC(CS)C(=O)NC(CCC(N)=O)C(=O)O. The molecule has 13 nitrogen and oxygen atoms in total. The predicted molar refractivity (Wildman–Crippen MR) is 129 cm³/mol. The molecule has 196 valence electrons. The van der Waals surface area contributed by atoms with Gasteiger partial charge in [0.25, 0.3) is 0 Å². The zero-order chi connectivity index (χ0) is 26.1. The van der Waals surface area contributed by atoms with Gasteiger partial charge in [-0.2, -0.15) is 12.6 Å². The predicted octanol–water partition coefficient (Wildman–Crippen LogP) is -2.69. The van der Waals surface area contributed by atoms with Crippen LogP contribution < -0.4 is 38.9 Å². The van der Waals surface area contributed by atoms with Gasteiger partial charge < -0.3 is 44.0 Å². The maximum Gasteiger partial charge on any atom is 0.326 e. The minimum Gasteiger partial charge on any atom is -0.480 e. The Bertz CT molecular complexity index is 682. The molecule has 0 aromatic heterocycles. The van der Waals surface area contributed by atoms with E-state index >= 15 is 0 Å². The van der Waals surface area contributed by atoms with E-state index in [1.165, 1.54) is 0 Å². The lowest BCUT2D eigenvalue weighted by Gasteiger charge is -2.24. The molecule has 0 spiro atoms. The third kappa shape index (κ3) is 13.3. The number of rotatable bonds is 19. The summed E-state index contributed by atoms with van der Waals surface area (Å²) in [7, 11) is 0. The molecular formula is C20H39N7O6S. The molecule has 0 aliphatic rings. The highest BCUT2D eigenvalue weighted by atomic mass is 32.1. The van der Waals surface area contributed by atoms with E-state index in [4.69, 9.17) is 22.9 Å². The van der Waals surface area contributed by atoms with Crippen molar-refractivity contribution in [3.8, 4) is 0 Å². The molecule has 4 atom stereocenters. The number of carboxylic acids is 1. The summed E-state index contributed by atoms with van der Waals surface area (Å²) in [5.41, 5.74) is 21.9. The summed E-state index contributed by atoms with van der Waals surface area (Å²) in [4.78, 5) is 60.1. The van der Waals surface area contributed by atoms with Gasteiger partial charge in [0.2, 0.25) is 23.6 Å². The van der Waals surface area contributed by atoms with Crippen molar-refractivity contribution in [1.29, 1.82) is 0 Å². The van der Waals surface area contributed by atoms with Crippen molar-refractivity contribution < 1.29 is 29.1 Å². The van der Waals surface area contributed by atoms with Gasteiger partial charge in [-0.3, -0.25) is 19.2 Å². The molecule has 0 aromatic carbocycles. The molecule has 0 heterocycles. The standard InChI is InChI=1S/C20H39N7O6S/c21-9-3-1-5-12(23)17(29)25-13(6-2-4-10-22)18(30)27-15(11-34)19(31)26-14(20(32)33)7-8-16(24)28/h12-15,34H,1-11,21-23H2,(H2,24,28)(H,25,29)(H,26,31)(H,27,30)(H,32,33). The first kappa shape index (κ1) is 31.6. The van der Waals surface area contributed by atoms with E-state index in [1.807, 2.05) is 0 Å². The van der Waals surface area contributed by atoms with Crippen molar-refractivity contribution in [1.82, 2.24) is 16.0 Å². The molecule has 0 aliphatic carbocycles. The minimum atomic E-state index is -1.37. The van der Waals surface area contributed by atoms with Crippen molar-refractivity contribution in [2.75, 3.05) is 18.8 Å². The van der Waals surface area contributed by atoms with Gasteiger partial charge in [-0.1, -0.05) is 6.42 Å². The van der Waals surface area contributed by atoms with Crippen LogP contribution in [0.4, 0.5) is 0 Å². The van der Waals surface area contributed by atoms with E-state index in [1.54, 1.807) is 0 Å². The van der Waals surface area contributed by atoms with Gasteiger partial charge in [0.05, 0.1) is 6.04 Å². The number of hydrogen-bond acceptors (Lipinski definition) is 9. The monoisotopic (exact) mass is 505 g/mol. The third-order valence-electron chi connectivity index (χ3n) is 5.00. The van der Waals surface area contributed by atoms with E-state index in [0.717, 1.165) is 6.42 Å². The molecule has 0 saturated heterocycles. The molecule has 0 radical (unpaired) electrons. The van der Waals surface area contributed by atoms with Crippen LogP contribution in [-0.2, 0) is 24.0 Å². The Labute approximate surface area is 204 Å². The first-order valence-corrected chi connectivity index (χ1v) is 11.9. The zero-order valence-corrected chi connectivity index (χ0v) is 20.2. The molecule has 4 amide bonds. The van der Waals surface area contributed by atoms with Gasteiger partial charge in [0.15, 0.2) is 0 Å². The number of unbranched alkanes of at least 4 members (excludes halogenated alkanes) is 2. The smallest absolute Gasteiger partial charge is 0.326 e. The maximum absolute atomic E-state index is 12.9. The number of carbonyl (C=O) groups excluding carboxylic acids is 4. The highest BCUT2D eigenvalue weighted by molar-refractivity contribution is 7.80. The topological polar surface area (TPSA) is 246 Å². The van der Waals surface area contributed by atoms with Crippen LogP contribution in [0.2, 0.25) is 0 Å². The molecule has 0 rings (SSSR count). The number of primary amides is 1. The van der Waals surface area contributed by atoms with Crippen molar-refractivity contribution in [2.24, 2.45) is 22.9 Å². The summed E-state index contributed by atoms with van der Waals surface area (Å²) in [6.07, 6.45) is 2.78. The van der Waals surface area contributed by atoms with Gasteiger partial charge in [-0.05, 0) is 51.6 Å². The average molecular weight is 506 g/mol. The Kier molecular flexibility index (Phi) is 16.7. The van der Waals surface area contributed by atoms with E-state index in [9.17, 15) is 29.1 Å². The number of aliphatic carboxylic acids is 1. The van der Waals surface area contributed by atoms with Crippen LogP contribution in [0.25, 0.3) is 0 Å². The maximum atomic E-state index is 12.9. The second-order valence-corrected chi connectivity index (χ2v) is 8.25. The van der Waals surface area contributed by atoms with E-state index in [2.05, 4.69) is 28.6 Å². The average Bonchev–Trinajstić information content (AvgIpc) is 2.78. The second-order valence-electron chi connectivity index (χ2n) is 7.88. The van der Waals surface area contributed by atoms with Gasteiger partial charge in [-0.25, -0.2) is 4.79 Å². The summed E-state index contributed by atoms with van der Waals surface area (Å²) in [5, 5.41) is 16.6. The van der Waals surface area contributed by atoms with Crippen molar-refractivity contribution >= 4 is 42.2 Å². The molecule has 0 bridgehead atoms. The van der Waals surface area contributed by atoms with E-state index < -0.39 is 53.8 Å². The number of amides is 4. The fourth-order valence-electron chi connectivity index (χ4n) is 2.96. The summed E-state index contributed by atoms with van der Waals surface area (Å²) < 4.78 is 0. The fourth-order valence-corrected chi connectivity index (χ4v) is 3.22. The molecule has 12 N–H and O–H groups in total. The summed E-state index contributed by atoms with van der Waals surface area (Å²) in [6.45, 7) is 0.890. The summed E-state index contributed by atoms with van der Waals surface area (Å²) >= 11 is 4.06. The van der Waals surface area contributed by atoms with Gasteiger partial charge in [0.1, 0.15) is 18.1 Å². The molecule has 34 heavy (non-hydrogen) atoms. The number of thiol groups is 1. The molecule has 0 fully saturated rings. The van der Waals surface area contributed by atoms with Crippen LogP contribution in [0.5, 0.6) is 0 Å². The highest BCUT2D eigenvalue weighted by Crippen LogP contribution is 2.05. The Hall–Kier alpha value is -2.42. The van der Waals surface area contributed by atoms with Crippen molar-refractivity contribution in [2.45, 2.75) is 75.5 Å². The van der Waals surface area contributed by atoms with Crippen LogP contribution in [-0.4, -0.2) is 77.7 Å². The van der Waals surface area contributed by atoms with Crippen LogP contribution in [0.3, 0.4) is 0 Å². The number of carboxylic acid groups (broad SMARTS) is 1. The molecule has 14 heteroatoms. The summed E-state index contributed by atoms with van der Waals surface area (Å²) in [5.74, 6) is -4.15. The number of hydrogen-bond donors (Lipinski definition) is 9. The lowest BCUT2D eigenvalue weighted by atomic mass is 10.1. The first-order valence-electron chi connectivity index (χ1n) is 11.3. The zero-order valence-electron chi connectivity index (χ0n) is 19.3. The van der Waals surface area contributed by atoms with Gasteiger partial charge in [-0.15, -0.1) is 0 Å². The van der Waals surface area contributed by atoms with Crippen LogP contribution in [0.1, 0.15) is 51.4 Å². The van der Waals surface area contributed by atoms with Crippen molar-refractivity contribution in [3.63, 3.8) is 0 Å². The molecule has 0 aromatic rings. The van der Waals surface area contributed by atoms with E-state index in [0.29, 0.717) is 38.8 Å². The lowest BCUT2D eigenvalue weighted by Crippen LogP contribution is -2.57. The Balaban J connectivity index is 5.19. The largest absolute Gasteiger partial charge is 0.480 e. The van der Waals surface area contributed by atoms with Crippen LogP contribution in [0.15, 0.2) is 0 Å². The number of nitrogens with one attached hydrogen (secondary N) is 3. The van der Waals surface area contributed by atoms with Crippen LogP contribution in [0, 0.1) is 0 Å².